The zero-order valence-electron chi connectivity index (χ0n) is 12.3. The summed E-state index contributed by atoms with van der Waals surface area (Å²) in [5, 5.41) is 3.65. The standard InChI is InChI=1S/C15H30N2O/c1-4-12(2)15-9-16-13(3)10-17(15)11-14-5-7-18-8-6-14/h12-16H,4-11H2,1-3H3. The highest BCUT2D eigenvalue weighted by molar-refractivity contribution is 4.88. The summed E-state index contributed by atoms with van der Waals surface area (Å²) in [6, 6.07) is 1.37. The van der Waals surface area contributed by atoms with E-state index in [1.54, 1.807) is 0 Å². The van der Waals surface area contributed by atoms with Gasteiger partial charge in [-0.25, -0.2) is 0 Å². The number of nitrogens with one attached hydrogen (secondary N) is 1. The Morgan fingerprint density at radius 3 is 2.72 bits per heavy atom. The van der Waals surface area contributed by atoms with Crippen molar-refractivity contribution >= 4 is 0 Å². The summed E-state index contributed by atoms with van der Waals surface area (Å²) < 4.78 is 5.47. The molecule has 3 unspecified atom stereocenters. The molecule has 18 heavy (non-hydrogen) atoms. The Bertz CT molecular complexity index is 241. The molecule has 0 aromatic carbocycles. The van der Waals surface area contributed by atoms with Crippen LogP contribution in [0.4, 0.5) is 0 Å². The number of hydrogen-bond donors (Lipinski definition) is 1. The van der Waals surface area contributed by atoms with Crippen LogP contribution in [0, 0.1) is 11.8 Å². The molecule has 3 nitrogen and oxygen atoms in total. The predicted octanol–water partition coefficient (Wildman–Crippen LogP) is 2.12. The number of hydrogen-bond acceptors (Lipinski definition) is 3. The highest BCUT2D eigenvalue weighted by Gasteiger charge is 2.30. The van der Waals surface area contributed by atoms with E-state index in [-0.39, 0.29) is 0 Å². The highest BCUT2D eigenvalue weighted by atomic mass is 16.5. The second kappa shape index (κ2) is 6.88. The van der Waals surface area contributed by atoms with E-state index in [1.165, 1.54) is 38.9 Å². The lowest BCUT2D eigenvalue weighted by atomic mass is 9.92. The van der Waals surface area contributed by atoms with Crippen molar-refractivity contribution in [2.45, 2.75) is 52.1 Å². The van der Waals surface area contributed by atoms with Crippen LogP contribution in [0.1, 0.15) is 40.0 Å². The summed E-state index contributed by atoms with van der Waals surface area (Å²) in [7, 11) is 0. The van der Waals surface area contributed by atoms with Crippen molar-refractivity contribution < 1.29 is 4.74 Å². The molecule has 0 amide bonds. The second-order valence-electron chi connectivity index (χ2n) is 6.27. The van der Waals surface area contributed by atoms with E-state index in [2.05, 4.69) is 31.0 Å². The van der Waals surface area contributed by atoms with Crippen LogP contribution < -0.4 is 5.32 Å². The molecule has 2 saturated heterocycles. The smallest absolute Gasteiger partial charge is 0.0469 e. The van der Waals surface area contributed by atoms with Gasteiger partial charge >= 0.3 is 0 Å². The Morgan fingerprint density at radius 2 is 2.06 bits per heavy atom. The molecule has 3 atom stereocenters. The minimum absolute atomic E-state index is 0.644. The largest absolute Gasteiger partial charge is 0.381 e. The molecule has 2 heterocycles. The van der Waals surface area contributed by atoms with Crippen molar-refractivity contribution in [3.8, 4) is 0 Å². The minimum Gasteiger partial charge on any atom is -0.381 e. The van der Waals surface area contributed by atoms with E-state index in [9.17, 15) is 0 Å². The van der Waals surface area contributed by atoms with E-state index < -0.39 is 0 Å². The van der Waals surface area contributed by atoms with E-state index in [0.717, 1.165) is 31.1 Å². The molecule has 0 aromatic heterocycles. The molecule has 2 aliphatic heterocycles. The molecule has 0 aliphatic carbocycles. The summed E-state index contributed by atoms with van der Waals surface area (Å²) in [4.78, 5) is 2.76. The summed E-state index contributed by atoms with van der Waals surface area (Å²) >= 11 is 0. The fraction of sp³-hybridized carbons (Fsp3) is 1.00. The van der Waals surface area contributed by atoms with Gasteiger partial charge in [-0.2, -0.15) is 0 Å². The maximum atomic E-state index is 5.47. The second-order valence-corrected chi connectivity index (χ2v) is 6.27. The lowest BCUT2D eigenvalue weighted by molar-refractivity contribution is 0.0266. The van der Waals surface area contributed by atoms with Crippen LogP contribution in [0.3, 0.4) is 0 Å². The first-order chi connectivity index (χ1) is 8.70. The van der Waals surface area contributed by atoms with Gasteiger partial charge in [0, 0.05) is 44.9 Å². The van der Waals surface area contributed by atoms with Crippen molar-refractivity contribution in [3.63, 3.8) is 0 Å². The van der Waals surface area contributed by atoms with Gasteiger partial charge in [0.15, 0.2) is 0 Å². The van der Waals surface area contributed by atoms with Crippen LogP contribution in [0.25, 0.3) is 0 Å². The average molecular weight is 254 g/mol. The molecule has 0 aromatic rings. The van der Waals surface area contributed by atoms with Crippen LogP contribution >= 0.6 is 0 Å². The monoisotopic (exact) mass is 254 g/mol. The van der Waals surface area contributed by atoms with Gasteiger partial charge in [0.25, 0.3) is 0 Å². The Hall–Kier alpha value is -0.120. The van der Waals surface area contributed by atoms with Gasteiger partial charge in [0.05, 0.1) is 0 Å². The number of nitrogens with zero attached hydrogens (tertiary/aromatic N) is 1. The van der Waals surface area contributed by atoms with Crippen molar-refractivity contribution in [2.75, 3.05) is 32.8 Å². The predicted molar refractivity (Wildman–Crippen MR) is 75.8 cm³/mol. The first-order valence-corrected chi connectivity index (χ1v) is 7.75. The van der Waals surface area contributed by atoms with E-state index >= 15 is 0 Å². The van der Waals surface area contributed by atoms with Gasteiger partial charge in [-0.1, -0.05) is 20.3 Å². The fourth-order valence-corrected chi connectivity index (χ4v) is 3.31. The molecule has 2 aliphatic rings. The van der Waals surface area contributed by atoms with Crippen LogP contribution in [0.2, 0.25) is 0 Å². The van der Waals surface area contributed by atoms with Crippen LogP contribution in [0.5, 0.6) is 0 Å². The summed E-state index contributed by atoms with van der Waals surface area (Å²) in [5.74, 6) is 1.65. The number of ether oxygens (including phenoxy) is 1. The summed E-state index contributed by atoms with van der Waals surface area (Å²) in [6.45, 7) is 12.6. The van der Waals surface area contributed by atoms with Crippen molar-refractivity contribution in [2.24, 2.45) is 11.8 Å². The quantitative estimate of drug-likeness (QED) is 0.832. The molecule has 2 fully saturated rings. The fourth-order valence-electron chi connectivity index (χ4n) is 3.31. The molecule has 1 N–H and O–H groups in total. The maximum absolute atomic E-state index is 5.47. The van der Waals surface area contributed by atoms with Crippen LogP contribution in [-0.2, 0) is 4.74 Å². The molecule has 0 saturated carbocycles. The Morgan fingerprint density at radius 1 is 1.33 bits per heavy atom. The van der Waals surface area contributed by atoms with Crippen LogP contribution in [0.15, 0.2) is 0 Å². The lowest BCUT2D eigenvalue weighted by Gasteiger charge is -2.44. The Balaban J connectivity index is 1.91. The third kappa shape index (κ3) is 3.69. The number of piperazine rings is 1. The van der Waals surface area contributed by atoms with Gasteiger partial charge in [-0.3, -0.25) is 4.90 Å². The minimum atomic E-state index is 0.644. The van der Waals surface area contributed by atoms with E-state index in [1.807, 2.05) is 0 Å². The molecule has 0 spiro atoms. The van der Waals surface area contributed by atoms with Crippen molar-refractivity contribution in [1.29, 1.82) is 0 Å². The van der Waals surface area contributed by atoms with Crippen molar-refractivity contribution in [1.82, 2.24) is 10.2 Å². The molecule has 3 heteroatoms. The average Bonchev–Trinajstić information content (AvgIpc) is 2.39. The van der Waals surface area contributed by atoms with E-state index in [4.69, 9.17) is 4.74 Å². The molecule has 106 valence electrons. The SMILES string of the molecule is CCC(C)C1CNC(C)CN1CC1CCOCC1. The first-order valence-electron chi connectivity index (χ1n) is 7.75. The van der Waals surface area contributed by atoms with Gasteiger partial charge in [0.1, 0.15) is 0 Å². The molecular weight excluding hydrogens is 224 g/mol. The topological polar surface area (TPSA) is 24.5 Å². The molecule has 2 rings (SSSR count). The molecule has 0 bridgehead atoms. The van der Waals surface area contributed by atoms with Gasteiger partial charge in [0.2, 0.25) is 0 Å². The normalized spacial score (nSPS) is 33.5. The van der Waals surface area contributed by atoms with Crippen LogP contribution in [-0.4, -0.2) is 49.8 Å². The lowest BCUT2D eigenvalue weighted by Crippen LogP contribution is -2.58. The summed E-state index contributed by atoms with van der Waals surface area (Å²) in [5.41, 5.74) is 0. The maximum Gasteiger partial charge on any atom is 0.0469 e. The Labute approximate surface area is 112 Å². The number of rotatable bonds is 4. The molecular formula is C15H30N2O. The zero-order chi connectivity index (χ0) is 13.0. The third-order valence-electron chi connectivity index (χ3n) is 4.79. The highest BCUT2D eigenvalue weighted by Crippen LogP contribution is 2.23. The van der Waals surface area contributed by atoms with E-state index in [0.29, 0.717) is 6.04 Å². The van der Waals surface area contributed by atoms with Gasteiger partial charge in [-0.15, -0.1) is 0 Å². The zero-order valence-corrected chi connectivity index (χ0v) is 12.3. The van der Waals surface area contributed by atoms with Gasteiger partial charge < -0.3 is 10.1 Å². The van der Waals surface area contributed by atoms with Crippen molar-refractivity contribution in [3.05, 3.63) is 0 Å². The molecule has 0 radical (unpaired) electrons. The third-order valence-corrected chi connectivity index (χ3v) is 4.79. The Kier molecular flexibility index (Phi) is 5.46. The van der Waals surface area contributed by atoms with Gasteiger partial charge in [-0.05, 0) is 31.6 Å². The summed E-state index contributed by atoms with van der Waals surface area (Å²) in [6.07, 6.45) is 3.79. The first kappa shape index (κ1) is 14.3.